The highest BCUT2D eigenvalue weighted by atomic mass is 16.5. The molecular weight excluding hydrogens is 314 g/mol. The molecule has 1 amide bonds. The number of piperazine rings is 1. The third kappa shape index (κ3) is 7.04. The van der Waals surface area contributed by atoms with E-state index in [0.717, 1.165) is 45.0 Å². The Bertz CT molecular complexity index is 508. The largest absolute Gasteiger partial charge is 0.493 e. The number of benzene rings is 1. The van der Waals surface area contributed by atoms with Gasteiger partial charge < -0.3 is 15.0 Å². The first-order valence-electron chi connectivity index (χ1n) is 9.52. The normalized spacial score (nSPS) is 16.2. The molecule has 1 aromatic rings. The van der Waals surface area contributed by atoms with E-state index in [4.69, 9.17) is 4.74 Å². The average Bonchev–Trinajstić information content (AvgIpc) is 2.63. The minimum absolute atomic E-state index is 0.0611. The van der Waals surface area contributed by atoms with Crippen molar-refractivity contribution in [3.63, 3.8) is 0 Å². The summed E-state index contributed by atoms with van der Waals surface area (Å²) in [5, 5.41) is 2.99. The molecule has 1 aliphatic rings. The number of nitrogens with zero attached hydrogens (tertiary/aromatic N) is 2. The minimum atomic E-state index is 0.0611. The molecule has 1 aromatic carbocycles. The number of amides is 1. The van der Waals surface area contributed by atoms with E-state index in [9.17, 15) is 4.79 Å². The van der Waals surface area contributed by atoms with Gasteiger partial charge in [0.05, 0.1) is 13.0 Å². The number of likely N-dealkylation sites (N-methyl/N-ethyl adjacent to an activating group) is 1. The van der Waals surface area contributed by atoms with E-state index in [1.165, 1.54) is 5.56 Å². The standard InChI is InChI=1S/C20H33N3O2/c1-4-22-12-14-23(15-13-22)11-10-21-20(24)9-16-25-19-7-5-18(6-8-19)17(2)3/h5-8,17H,4,9-16H2,1-3H3,(H,21,24). The van der Waals surface area contributed by atoms with Gasteiger partial charge in [0.25, 0.3) is 0 Å². The molecule has 1 fully saturated rings. The maximum absolute atomic E-state index is 11.9. The van der Waals surface area contributed by atoms with Crippen LogP contribution in [0.3, 0.4) is 0 Å². The summed E-state index contributed by atoms with van der Waals surface area (Å²) in [5.41, 5.74) is 1.30. The van der Waals surface area contributed by atoms with Crippen molar-refractivity contribution >= 4 is 5.91 Å². The molecule has 1 N–H and O–H groups in total. The van der Waals surface area contributed by atoms with Crippen molar-refractivity contribution in [1.82, 2.24) is 15.1 Å². The fourth-order valence-corrected chi connectivity index (χ4v) is 2.98. The first-order valence-corrected chi connectivity index (χ1v) is 9.52. The lowest BCUT2D eigenvalue weighted by atomic mass is 10.0. The summed E-state index contributed by atoms with van der Waals surface area (Å²) in [6, 6.07) is 8.11. The zero-order valence-electron chi connectivity index (χ0n) is 16.0. The van der Waals surface area contributed by atoms with Crippen LogP contribution in [0.1, 0.15) is 38.7 Å². The molecule has 25 heavy (non-hydrogen) atoms. The molecule has 0 saturated carbocycles. The van der Waals surface area contributed by atoms with Gasteiger partial charge in [-0.1, -0.05) is 32.9 Å². The fraction of sp³-hybridized carbons (Fsp3) is 0.650. The van der Waals surface area contributed by atoms with Crippen LogP contribution in [-0.2, 0) is 4.79 Å². The number of nitrogens with one attached hydrogen (secondary N) is 1. The first-order chi connectivity index (χ1) is 12.1. The van der Waals surface area contributed by atoms with E-state index in [1.807, 2.05) is 12.1 Å². The van der Waals surface area contributed by atoms with E-state index in [-0.39, 0.29) is 5.91 Å². The van der Waals surface area contributed by atoms with Crippen molar-refractivity contribution in [2.24, 2.45) is 0 Å². The predicted molar refractivity (Wildman–Crippen MR) is 102 cm³/mol. The number of rotatable bonds is 9. The second-order valence-electron chi connectivity index (χ2n) is 6.95. The zero-order chi connectivity index (χ0) is 18.1. The Morgan fingerprint density at radius 1 is 1.12 bits per heavy atom. The Hall–Kier alpha value is -1.59. The van der Waals surface area contributed by atoms with E-state index in [2.05, 4.69) is 48.0 Å². The van der Waals surface area contributed by atoms with E-state index < -0.39 is 0 Å². The fourth-order valence-electron chi connectivity index (χ4n) is 2.98. The summed E-state index contributed by atoms with van der Waals surface area (Å²) in [6.45, 7) is 14.2. The van der Waals surface area contributed by atoms with Gasteiger partial charge in [0.15, 0.2) is 0 Å². The zero-order valence-corrected chi connectivity index (χ0v) is 16.0. The van der Waals surface area contributed by atoms with Gasteiger partial charge in [0.1, 0.15) is 5.75 Å². The Labute approximate surface area is 152 Å². The predicted octanol–water partition coefficient (Wildman–Crippen LogP) is 2.33. The van der Waals surface area contributed by atoms with Crippen molar-refractivity contribution in [1.29, 1.82) is 0 Å². The van der Waals surface area contributed by atoms with Crippen LogP contribution in [0, 0.1) is 0 Å². The van der Waals surface area contributed by atoms with Crippen molar-refractivity contribution in [2.45, 2.75) is 33.1 Å². The molecule has 0 atom stereocenters. The van der Waals surface area contributed by atoms with Crippen molar-refractivity contribution < 1.29 is 9.53 Å². The Morgan fingerprint density at radius 3 is 2.36 bits per heavy atom. The molecule has 0 bridgehead atoms. The van der Waals surface area contributed by atoms with Crippen LogP contribution in [0.25, 0.3) is 0 Å². The molecule has 0 aromatic heterocycles. The molecular formula is C20H33N3O2. The van der Waals surface area contributed by atoms with Crippen LogP contribution in [0.2, 0.25) is 0 Å². The quantitative estimate of drug-likeness (QED) is 0.745. The molecule has 140 valence electrons. The number of hydrogen-bond donors (Lipinski definition) is 1. The third-order valence-electron chi connectivity index (χ3n) is 4.81. The van der Waals surface area contributed by atoms with Gasteiger partial charge in [-0.3, -0.25) is 9.69 Å². The molecule has 1 saturated heterocycles. The second-order valence-corrected chi connectivity index (χ2v) is 6.95. The SMILES string of the molecule is CCN1CCN(CCNC(=O)CCOc2ccc(C(C)C)cc2)CC1. The van der Waals surface area contributed by atoms with Gasteiger partial charge >= 0.3 is 0 Å². The van der Waals surface area contributed by atoms with Crippen LogP contribution < -0.4 is 10.1 Å². The van der Waals surface area contributed by atoms with Crippen LogP contribution in [0.5, 0.6) is 5.75 Å². The van der Waals surface area contributed by atoms with E-state index in [0.29, 0.717) is 25.5 Å². The maximum atomic E-state index is 11.9. The number of carbonyl (C=O) groups is 1. The van der Waals surface area contributed by atoms with Gasteiger partial charge in [0.2, 0.25) is 5.91 Å². The van der Waals surface area contributed by atoms with Crippen LogP contribution in [0.4, 0.5) is 0 Å². The Balaban J connectivity index is 1.55. The summed E-state index contributed by atoms with van der Waals surface area (Å²) in [7, 11) is 0. The van der Waals surface area contributed by atoms with Crippen LogP contribution in [0.15, 0.2) is 24.3 Å². The third-order valence-corrected chi connectivity index (χ3v) is 4.81. The summed E-state index contributed by atoms with van der Waals surface area (Å²) >= 11 is 0. The second kappa shape index (κ2) is 10.4. The number of hydrogen-bond acceptors (Lipinski definition) is 4. The molecule has 0 spiro atoms. The molecule has 1 heterocycles. The van der Waals surface area contributed by atoms with Gasteiger partial charge in [-0.25, -0.2) is 0 Å². The lowest BCUT2D eigenvalue weighted by Crippen LogP contribution is -2.48. The molecule has 0 aliphatic carbocycles. The topological polar surface area (TPSA) is 44.8 Å². The summed E-state index contributed by atoms with van der Waals surface area (Å²) in [6.07, 6.45) is 0.398. The van der Waals surface area contributed by atoms with Gasteiger partial charge in [-0.15, -0.1) is 0 Å². The van der Waals surface area contributed by atoms with Gasteiger partial charge in [0, 0.05) is 39.3 Å². The van der Waals surface area contributed by atoms with E-state index >= 15 is 0 Å². The minimum Gasteiger partial charge on any atom is -0.493 e. The molecule has 5 heteroatoms. The van der Waals surface area contributed by atoms with Crippen LogP contribution in [-0.4, -0.2) is 68.1 Å². The Morgan fingerprint density at radius 2 is 1.76 bits per heavy atom. The van der Waals surface area contributed by atoms with Crippen molar-refractivity contribution in [3.05, 3.63) is 29.8 Å². The first kappa shape index (κ1) is 19.7. The van der Waals surface area contributed by atoms with Gasteiger partial charge in [-0.05, 0) is 30.2 Å². The van der Waals surface area contributed by atoms with E-state index in [1.54, 1.807) is 0 Å². The van der Waals surface area contributed by atoms with Crippen LogP contribution >= 0.6 is 0 Å². The highest BCUT2D eigenvalue weighted by Gasteiger charge is 2.14. The molecule has 0 unspecified atom stereocenters. The summed E-state index contributed by atoms with van der Waals surface area (Å²) < 4.78 is 5.66. The number of ether oxygens (including phenoxy) is 1. The maximum Gasteiger partial charge on any atom is 0.223 e. The lowest BCUT2D eigenvalue weighted by Gasteiger charge is -2.33. The smallest absolute Gasteiger partial charge is 0.223 e. The highest BCUT2D eigenvalue weighted by molar-refractivity contribution is 5.75. The average molecular weight is 348 g/mol. The molecule has 0 radical (unpaired) electrons. The lowest BCUT2D eigenvalue weighted by molar-refractivity contribution is -0.121. The number of carbonyl (C=O) groups excluding carboxylic acids is 1. The monoisotopic (exact) mass is 347 g/mol. The Kier molecular flexibility index (Phi) is 8.22. The summed E-state index contributed by atoms with van der Waals surface area (Å²) in [5.74, 6) is 1.40. The highest BCUT2D eigenvalue weighted by Crippen LogP contribution is 2.18. The van der Waals surface area contributed by atoms with Gasteiger partial charge in [-0.2, -0.15) is 0 Å². The molecule has 1 aliphatic heterocycles. The summed E-state index contributed by atoms with van der Waals surface area (Å²) in [4.78, 5) is 16.8. The van der Waals surface area contributed by atoms with Crippen molar-refractivity contribution in [3.8, 4) is 5.75 Å². The molecule has 5 nitrogen and oxygen atoms in total. The van der Waals surface area contributed by atoms with Crippen molar-refractivity contribution in [2.75, 3.05) is 52.4 Å². The molecule has 2 rings (SSSR count).